The highest BCUT2D eigenvalue weighted by Crippen LogP contribution is 2.16. The summed E-state index contributed by atoms with van der Waals surface area (Å²) in [5.41, 5.74) is 5.02. The van der Waals surface area contributed by atoms with Gasteiger partial charge in [0, 0.05) is 4.47 Å². The van der Waals surface area contributed by atoms with E-state index in [2.05, 4.69) is 26.8 Å². The fourth-order valence-electron chi connectivity index (χ4n) is 1.77. The molecule has 0 saturated carbocycles. The number of aryl methyl sites for hydroxylation is 1. The average Bonchev–Trinajstić information content (AvgIpc) is 2.52. The van der Waals surface area contributed by atoms with E-state index in [0.29, 0.717) is 10.2 Å². The summed E-state index contributed by atoms with van der Waals surface area (Å²) in [6.07, 6.45) is 0. The first-order valence-corrected chi connectivity index (χ1v) is 7.49. The van der Waals surface area contributed by atoms with Crippen LogP contribution in [-0.4, -0.2) is 18.4 Å². The van der Waals surface area contributed by atoms with Crippen LogP contribution < -0.4 is 15.6 Å². The summed E-state index contributed by atoms with van der Waals surface area (Å²) in [6, 6.07) is 11.2. The third-order valence-electron chi connectivity index (χ3n) is 2.94. The number of amides is 2. The first-order chi connectivity index (χ1) is 11.0. The van der Waals surface area contributed by atoms with Gasteiger partial charge in [0.2, 0.25) is 0 Å². The van der Waals surface area contributed by atoms with Crippen LogP contribution in [0.1, 0.15) is 15.9 Å². The highest BCUT2D eigenvalue weighted by Gasteiger charge is 2.13. The Labute approximate surface area is 140 Å². The van der Waals surface area contributed by atoms with Crippen LogP contribution in [0, 0.1) is 12.7 Å². The van der Waals surface area contributed by atoms with Crippen molar-refractivity contribution in [3.05, 3.63) is 63.9 Å². The van der Waals surface area contributed by atoms with Gasteiger partial charge in [-0.05, 0) is 36.8 Å². The largest absolute Gasteiger partial charge is 0.483 e. The highest BCUT2D eigenvalue weighted by atomic mass is 79.9. The average molecular weight is 381 g/mol. The second kappa shape index (κ2) is 7.73. The predicted molar refractivity (Wildman–Crippen MR) is 86.4 cm³/mol. The molecule has 0 aromatic heterocycles. The second-order valence-corrected chi connectivity index (χ2v) is 5.60. The van der Waals surface area contributed by atoms with Gasteiger partial charge in [-0.25, -0.2) is 4.39 Å². The summed E-state index contributed by atoms with van der Waals surface area (Å²) in [5, 5.41) is 0. The standard InChI is InChI=1S/C16H14BrFN2O3/c1-10-4-2-3-5-14(10)23-9-15(21)19-20-16(22)12-7-6-11(17)8-13(12)18/h2-8H,9H2,1H3,(H,19,21)(H,20,22). The van der Waals surface area contributed by atoms with Gasteiger partial charge in [0.1, 0.15) is 11.6 Å². The molecule has 7 heteroatoms. The third kappa shape index (κ3) is 4.79. The van der Waals surface area contributed by atoms with E-state index in [9.17, 15) is 14.0 Å². The molecule has 0 unspecified atom stereocenters. The minimum atomic E-state index is -0.751. The highest BCUT2D eigenvalue weighted by molar-refractivity contribution is 9.10. The number of benzene rings is 2. The Balaban J connectivity index is 1.84. The molecule has 0 bridgehead atoms. The number of para-hydroxylation sites is 1. The zero-order chi connectivity index (χ0) is 16.8. The monoisotopic (exact) mass is 380 g/mol. The van der Waals surface area contributed by atoms with Crippen LogP contribution in [0.3, 0.4) is 0 Å². The van der Waals surface area contributed by atoms with Crippen LogP contribution in [0.25, 0.3) is 0 Å². The molecule has 23 heavy (non-hydrogen) atoms. The van der Waals surface area contributed by atoms with Gasteiger partial charge >= 0.3 is 0 Å². The van der Waals surface area contributed by atoms with Gasteiger partial charge in [0.25, 0.3) is 11.8 Å². The number of carbonyl (C=O) groups is 2. The first kappa shape index (κ1) is 17.0. The third-order valence-corrected chi connectivity index (χ3v) is 3.44. The van der Waals surface area contributed by atoms with Gasteiger partial charge in [-0.3, -0.25) is 20.4 Å². The number of hydrogen-bond acceptors (Lipinski definition) is 3. The molecule has 0 heterocycles. The number of nitrogens with one attached hydrogen (secondary N) is 2. The Morgan fingerprint density at radius 1 is 1.17 bits per heavy atom. The molecule has 2 rings (SSSR count). The molecule has 2 amide bonds. The van der Waals surface area contributed by atoms with Crippen molar-refractivity contribution in [3.63, 3.8) is 0 Å². The van der Waals surface area contributed by atoms with E-state index < -0.39 is 17.6 Å². The Morgan fingerprint density at radius 2 is 1.91 bits per heavy atom. The Morgan fingerprint density at radius 3 is 2.61 bits per heavy atom. The van der Waals surface area contributed by atoms with E-state index in [1.165, 1.54) is 12.1 Å². The SMILES string of the molecule is Cc1ccccc1OCC(=O)NNC(=O)c1ccc(Br)cc1F. The lowest BCUT2D eigenvalue weighted by Gasteiger charge is -2.10. The molecule has 2 aromatic carbocycles. The van der Waals surface area contributed by atoms with Crippen molar-refractivity contribution in [3.8, 4) is 5.75 Å². The molecule has 5 nitrogen and oxygen atoms in total. The van der Waals surface area contributed by atoms with Gasteiger partial charge < -0.3 is 4.74 Å². The van der Waals surface area contributed by atoms with E-state index in [-0.39, 0.29) is 12.2 Å². The summed E-state index contributed by atoms with van der Waals surface area (Å²) in [4.78, 5) is 23.4. The summed E-state index contributed by atoms with van der Waals surface area (Å²) >= 11 is 3.10. The van der Waals surface area contributed by atoms with Crippen LogP contribution in [0.2, 0.25) is 0 Å². The molecular weight excluding hydrogens is 367 g/mol. The summed E-state index contributed by atoms with van der Waals surface area (Å²) in [6.45, 7) is 1.58. The Bertz CT molecular complexity index is 737. The fourth-order valence-corrected chi connectivity index (χ4v) is 2.10. The lowest BCUT2D eigenvalue weighted by atomic mass is 10.2. The molecule has 0 fully saturated rings. The predicted octanol–water partition coefficient (Wildman–Crippen LogP) is 2.74. The quantitative estimate of drug-likeness (QED) is 0.801. The van der Waals surface area contributed by atoms with E-state index in [0.717, 1.165) is 11.6 Å². The molecule has 2 aromatic rings. The molecule has 0 aliphatic carbocycles. The number of carbonyl (C=O) groups excluding carboxylic acids is 2. The van der Waals surface area contributed by atoms with Crippen molar-refractivity contribution in [1.29, 1.82) is 0 Å². The van der Waals surface area contributed by atoms with Crippen molar-refractivity contribution in [2.75, 3.05) is 6.61 Å². The zero-order valence-electron chi connectivity index (χ0n) is 12.2. The molecule has 0 aliphatic heterocycles. The summed E-state index contributed by atoms with van der Waals surface area (Å²) in [7, 11) is 0. The topological polar surface area (TPSA) is 67.4 Å². The molecular formula is C16H14BrFN2O3. The van der Waals surface area contributed by atoms with Crippen LogP contribution in [0.5, 0.6) is 5.75 Å². The van der Waals surface area contributed by atoms with Gasteiger partial charge in [-0.2, -0.15) is 0 Å². The molecule has 2 N–H and O–H groups in total. The van der Waals surface area contributed by atoms with Gasteiger partial charge in [0.05, 0.1) is 5.56 Å². The number of halogens is 2. The van der Waals surface area contributed by atoms with Crippen molar-refractivity contribution in [2.45, 2.75) is 6.92 Å². The lowest BCUT2D eigenvalue weighted by molar-refractivity contribution is -0.123. The van der Waals surface area contributed by atoms with Gasteiger partial charge in [-0.15, -0.1) is 0 Å². The number of hydrazine groups is 1. The number of hydrogen-bond donors (Lipinski definition) is 2. The van der Waals surface area contributed by atoms with E-state index in [1.807, 2.05) is 19.1 Å². The van der Waals surface area contributed by atoms with Gasteiger partial charge in [-0.1, -0.05) is 34.1 Å². The van der Waals surface area contributed by atoms with Crippen molar-refractivity contribution in [2.24, 2.45) is 0 Å². The first-order valence-electron chi connectivity index (χ1n) is 6.70. The van der Waals surface area contributed by atoms with E-state index >= 15 is 0 Å². The van der Waals surface area contributed by atoms with Crippen molar-refractivity contribution < 1.29 is 18.7 Å². The Hall–Kier alpha value is -2.41. The molecule has 0 atom stereocenters. The number of ether oxygens (including phenoxy) is 1. The van der Waals surface area contributed by atoms with E-state index in [1.54, 1.807) is 12.1 Å². The van der Waals surface area contributed by atoms with Crippen molar-refractivity contribution in [1.82, 2.24) is 10.9 Å². The molecule has 0 aliphatic rings. The zero-order valence-corrected chi connectivity index (χ0v) is 13.8. The minimum Gasteiger partial charge on any atom is -0.483 e. The fraction of sp³-hybridized carbons (Fsp3) is 0.125. The molecule has 0 saturated heterocycles. The van der Waals surface area contributed by atoms with Crippen LogP contribution in [-0.2, 0) is 4.79 Å². The van der Waals surface area contributed by atoms with E-state index in [4.69, 9.17) is 4.74 Å². The maximum atomic E-state index is 13.6. The maximum Gasteiger partial charge on any atom is 0.276 e. The molecule has 120 valence electrons. The maximum absolute atomic E-state index is 13.6. The summed E-state index contributed by atoms with van der Waals surface area (Å²) < 4.78 is 19.5. The number of rotatable bonds is 4. The van der Waals surface area contributed by atoms with Crippen LogP contribution in [0.15, 0.2) is 46.9 Å². The van der Waals surface area contributed by atoms with Crippen LogP contribution in [0.4, 0.5) is 4.39 Å². The van der Waals surface area contributed by atoms with Crippen LogP contribution >= 0.6 is 15.9 Å². The van der Waals surface area contributed by atoms with Crippen molar-refractivity contribution >= 4 is 27.7 Å². The Kier molecular flexibility index (Phi) is 5.70. The second-order valence-electron chi connectivity index (χ2n) is 4.68. The smallest absolute Gasteiger partial charge is 0.276 e. The molecule has 0 radical (unpaired) electrons. The van der Waals surface area contributed by atoms with Gasteiger partial charge in [0.15, 0.2) is 6.61 Å². The summed E-state index contributed by atoms with van der Waals surface area (Å²) in [5.74, 6) is -1.42. The normalized spacial score (nSPS) is 10.0. The minimum absolute atomic E-state index is 0.173. The lowest BCUT2D eigenvalue weighted by Crippen LogP contribution is -2.44. The molecule has 0 spiro atoms.